The zero-order valence-electron chi connectivity index (χ0n) is 17.5. The molecule has 3 aromatic rings. The zero-order chi connectivity index (χ0) is 21.9. The number of guanidine groups is 1. The first-order valence-electron chi connectivity index (χ1n) is 10.3. The van der Waals surface area contributed by atoms with Gasteiger partial charge in [0.15, 0.2) is 5.96 Å². The van der Waals surface area contributed by atoms with Crippen molar-refractivity contribution < 1.29 is 4.79 Å². The lowest BCUT2D eigenvalue weighted by Gasteiger charge is -2.13. The van der Waals surface area contributed by atoms with Crippen molar-refractivity contribution in [3.63, 3.8) is 0 Å². The first kappa shape index (κ1) is 22.4. The van der Waals surface area contributed by atoms with E-state index >= 15 is 0 Å². The minimum atomic E-state index is -0.193. The van der Waals surface area contributed by atoms with Gasteiger partial charge in [-0.05, 0) is 36.2 Å². The van der Waals surface area contributed by atoms with Crippen LogP contribution in [0.25, 0.3) is 0 Å². The number of aromatic nitrogens is 2. The summed E-state index contributed by atoms with van der Waals surface area (Å²) in [6.07, 6.45) is 3.72. The maximum atomic E-state index is 12.2. The van der Waals surface area contributed by atoms with Crippen molar-refractivity contribution in [1.82, 2.24) is 25.7 Å². The molecule has 0 radical (unpaired) electrons. The number of nitrogens with zero attached hydrogens (tertiary/aromatic N) is 3. The molecule has 0 saturated carbocycles. The van der Waals surface area contributed by atoms with E-state index in [0.29, 0.717) is 42.7 Å². The van der Waals surface area contributed by atoms with Gasteiger partial charge in [0.1, 0.15) is 0 Å². The maximum absolute atomic E-state index is 12.2. The van der Waals surface area contributed by atoms with E-state index in [1.54, 1.807) is 30.5 Å². The highest BCUT2D eigenvalue weighted by molar-refractivity contribution is 6.33. The van der Waals surface area contributed by atoms with E-state index in [2.05, 4.69) is 33.2 Å². The Bertz CT molecular complexity index is 1000. The molecular weight excluding hydrogens is 412 g/mol. The smallest absolute Gasteiger partial charge is 0.252 e. The van der Waals surface area contributed by atoms with Crippen LogP contribution in [0.4, 0.5) is 0 Å². The molecule has 0 aliphatic rings. The first-order chi connectivity index (χ1) is 15.2. The highest BCUT2D eigenvalue weighted by Crippen LogP contribution is 2.14. The lowest BCUT2D eigenvalue weighted by molar-refractivity contribution is 0.0954. The normalized spacial score (nSPS) is 11.2. The van der Waals surface area contributed by atoms with Crippen molar-refractivity contribution >= 4 is 23.5 Å². The van der Waals surface area contributed by atoms with E-state index in [1.807, 2.05) is 36.0 Å². The Kier molecular flexibility index (Phi) is 8.48. The van der Waals surface area contributed by atoms with Gasteiger partial charge in [-0.15, -0.1) is 0 Å². The minimum Gasteiger partial charge on any atom is -0.357 e. The van der Waals surface area contributed by atoms with E-state index in [1.165, 1.54) is 5.56 Å². The van der Waals surface area contributed by atoms with E-state index in [-0.39, 0.29) is 5.91 Å². The standard InChI is InChI=1S/C23H27ClN6O/c1-2-25-23(27-14-13-26-22(31)20-10-5-6-11-21(20)24)28-16-18-8-3-4-9-19(18)17-30-15-7-12-29-30/h3-12,15H,2,13-14,16-17H2,1H3,(H,26,31)(H2,25,27,28). The summed E-state index contributed by atoms with van der Waals surface area (Å²) in [5, 5.41) is 14.1. The summed E-state index contributed by atoms with van der Waals surface area (Å²) >= 11 is 6.07. The number of amides is 1. The van der Waals surface area contributed by atoms with Gasteiger partial charge in [-0.3, -0.25) is 9.48 Å². The summed E-state index contributed by atoms with van der Waals surface area (Å²) in [6.45, 7) is 4.99. The third-order valence-corrected chi connectivity index (χ3v) is 4.91. The van der Waals surface area contributed by atoms with Crippen molar-refractivity contribution in [2.24, 2.45) is 4.99 Å². The molecule has 0 fully saturated rings. The number of halogens is 1. The third-order valence-electron chi connectivity index (χ3n) is 4.58. The second-order valence-electron chi connectivity index (χ2n) is 6.83. The molecule has 0 unspecified atom stereocenters. The molecule has 8 heteroatoms. The van der Waals surface area contributed by atoms with E-state index < -0.39 is 0 Å². The van der Waals surface area contributed by atoms with Crippen LogP contribution in [0.2, 0.25) is 5.02 Å². The van der Waals surface area contributed by atoms with Gasteiger partial charge in [-0.2, -0.15) is 5.10 Å². The Morgan fingerprint density at radius 2 is 1.74 bits per heavy atom. The van der Waals surface area contributed by atoms with Gasteiger partial charge < -0.3 is 16.0 Å². The molecule has 0 aliphatic heterocycles. The summed E-state index contributed by atoms with van der Waals surface area (Å²) in [7, 11) is 0. The monoisotopic (exact) mass is 438 g/mol. The predicted molar refractivity (Wildman–Crippen MR) is 124 cm³/mol. The average molecular weight is 439 g/mol. The number of carbonyl (C=O) groups excluding carboxylic acids is 1. The second-order valence-corrected chi connectivity index (χ2v) is 7.24. The molecule has 1 amide bonds. The number of nitrogens with one attached hydrogen (secondary N) is 3. The van der Waals surface area contributed by atoms with Crippen LogP contribution in [-0.4, -0.2) is 41.3 Å². The molecule has 2 aromatic carbocycles. The van der Waals surface area contributed by atoms with Gasteiger partial charge in [0.25, 0.3) is 5.91 Å². The largest absolute Gasteiger partial charge is 0.357 e. The number of hydrogen-bond donors (Lipinski definition) is 3. The Morgan fingerprint density at radius 3 is 2.48 bits per heavy atom. The Labute approximate surface area is 187 Å². The summed E-state index contributed by atoms with van der Waals surface area (Å²) in [4.78, 5) is 16.9. The van der Waals surface area contributed by atoms with E-state index in [0.717, 1.165) is 12.1 Å². The van der Waals surface area contributed by atoms with Gasteiger partial charge in [-0.1, -0.05) is 48.0 Å². The molecule has 162 valence electrons. The molecule has 0 aliphatic carbocycles. The number of aliphatic imine (C=N–C) groups is 1. The van der Waals surface area contributed by atoms with Crippen LogP contribution >= 0.6 is 11.6 Å². The fraction of sp³-hybridized carbons (Fsp3) is 0.261. The van der Waals surface area contributed by atoms with Crippen molar-refractivity contribution in [1.29, 1.82) is 0 Å². The van der Waals surface area contributed by atoms with Crippen LogP contribution < -0.4 is 16.0 Å². The van der Waals surface area contributed by atoms with Crippen LogP contribution in [0, 0.1) is 0 Å². The zero-order valence-corrected chi connectivity index (χ0v) is 18.3. The van der Waals surface area contributed by atoms with Crippen molar-refractivity contribution in [3.05, 3.63) is 88.7 Å². The molecule has 1 aromatic heterocycles. The van der Waals surface area contributed by atoms with Crippen LogP contribution in [0.5, 0.6) is 0 Å². The summed E-state index contributed by atoms with van der Waals surface area (Å²) < 4.78 is 1.90. The predicted octanol–water partition coefficient (Wildman–Crippen LogP) is 3.07. The van der Waals surface area contributed by atoms with Gasteiger partial charge in [-0.25, -0.2) is 4.99 Å². The summed E-state index contributed by atoms with van der Waals surface area (Å²) in [6, 6.07) is 17.1. The van der Waals surface area contributed by atoms with Crippen LogP contribution in [0.3, 0.4) is 0 Å². The fourth-order valence-electron chi connectivity index (χ4n) is 3.04. The van der Waals surface area contributed by atoms with Gasteiger partial charge in [0.05, 0.1) is 23.7 Å². The Balaban J connectivity index is 1.54. The van der Waals surface area contributed by atoms with Crippen LogP contribution in [0.15, 0.2) is 72.0 Å². The van der Waals surface area contributed by atoms with Gasteiger partial charge >= 0.3 is 0 Å². The van der Waals surface area contributed by atoms with Crippen molar-refractivity contribution in [3.8, 4) is 0 Å². The lowest BCUT2D eigenvalue weighted by Crippen LogP contribution is -2.41. The fourth-order valence-corrected chi connectivity index (χ4v) is 3.26. The second kappa shape index (κ2) is 11.8. The molecule has 31 heavy (non-hydrogen) atoms. The van der Waals surface area contributed by atoms with Crippen molar-refractivity contribution in [2.45, 2.75) is 20.0 Å². The lowest BCUT2D eigenvalue weighted by atomic mass is 10.1. The molecule has 7 nitrogen and oxygen atoms in total. The quantitative estimate of drug-likeness (QED) is 0.272. The molecule has 0 saturated heterocycles. The minimum absolute atomic E-state index is 0.193. The molecule has 0 atom stereocenters. The Morgan fingerprint density at radius 1 is 1.00 bits per heavy atom. The highest BCUT2D eigenvalue weighted by Gasteiger charge is 2.08. The summed E-state index contributed by atoms with van der Waals surface area (Å²) in [5.41, 5.74) is 2.79. The van der Waals surface area contributed by atoms with Crippen molar-refractivity contribution in [2.75, 3.05) is 19.6 Å². The van der Waals surface area contributed by atoms with Gasteiger partial charge in [0, 0.05) is 32.0 Å². The number of hydrogen-bond acceptors (Lipinski definition) is 3. The Hall–Kier alpha value is -3.32. The van der Waals surface area contributed by atoms with Crippen LogP contribution in [-0.2, 0) is 13.1 Å². The van der Waals surface area contributed by atoms with Gasteiger partial charge in [0.2, 0.25) is 0 Å². The molecular formula is C23H27ClN6O. The molecule has 0 spiro atoms. The summed E-state index contributed by atoms with van der Waals surface area (Å²) in [5.74, 6) is 0.505. The van der Waals surface area contributed by atoms with E-state index in [9.17, 15) is 4.79 Å². The molecule has 0 bridgehead atoms. The third kappa shape index (κ3) is 6.86. The first-order valence-corrected chi connectivity index (χ1v) is 10.6. The molecule has 3 rings (SSSR count). The SMILES string of the molecule is CCNC(=NCc1ccccc1Cn1cccn1)NCCNC(=O)c1ccccc1Cl. The van der Waals surface area contributed by atoms with Crippen LogP contribution in [0.1, 0.15) is 28.4 Å². The highest BCUT2D eigenvalue weighted by atomic mass is 35.5. The number of carbonyl (C=O) groups is 1. The maximum Gasteiger partial charge on any atom is 0.252 e. The topological polar surface area (TPSA) is 83.3 Å². The average Bonchev–Trinajstić information content (AvgIpc) is 3.29. The molecule has 1 heterocycles. The number of rotatable bonds is 9. The number of benzene rings is 2. The van der Waals surface area contributed by atoms with E-state index in [4.69, 9.17) is 16.6 Å². The molecule has 3 N–H and O–H groups in total.